The van der Waals surface area contributed by atoms with Gasteiger partial charge < -0.3 is 14.4 Å². The van der Waals surface area contributed by atoms with Crippen LogP contribution in [0.4, 0.5) is 11.4 Å². The number of carbonyl (C=O) groups excluding carboxylic acids is 1. The van der Waals surface area contributed by atoms with E-state index in [0.717, 1.165) is 44.8 Å². The van der Waals surface area contributed by atoms with E-state index in [1.165, 1.54) is 17.1 Å². The van der Waals surface area contributed by atoms with Crippen LogP contribution in [-0.2, 0) is 11.3 Å². The van der Waals surface area contributed by atoms with Gasteiger partial charge in [0, 0.05) is 48.8 Å². The van der Waals surface area contributed by atoms with E-state index in [-0.39, 0.29) is 5.91 Å². The number of amides is 1. The number of carbonyl (C=O) groups is 1. The molecule has 0 N–H and O–H groups in total. The maximum atomic E-state index is 12.7. The van der Waals surface area contributed by atoms with Crippen LogP contribution in [0.15, 0.2) is 66.9 Å². The molecule has 0 atom stereocenters. The largest absolute Gasteiger partial charge is 0.364 e. The predicted molar refractivity (Wildman–Crippen MR) is 122 cm³/mol. The molecule has 0 spiro atoms. The molecule has 3 heterocycles. The summed E-state index contributed by atoms with van der Waals surface area (Å²) in [5, 5.41) is 0.691. The number of rotatable bonds is 5. The Labute approximate surface area is 182 Å². The minimum Gasteiger partial charge on any atom is -0.364 e. The fraction of sp³-hybridized carbons (Fsp3) is 0.292. The van der Waals surface area contributed by atoms with E-state index in [2.05, 4.69) is 57.0 Å². The lowest BCUT2D eigenvalue weighted by Gasteiger charge is -2.36. The van der Waals surface area contributed by atoms with E-state index in [4.69, 9.17) is 11.6 Å². The van der Waals surface area contributed by atoms with E-state index in [1.807, 2.05) is 29.2 Å². The molecule has 2 aliphatic rings. The summed E-state index contributed by atoms with van der Waals surface area (Å²) >= 11 is 5.97. The second-order valence-corrected chi connectivity index (χ2v) is 8.37. The Kier molecular flexibility index (Phi) is 5.23. The number of anilines is 2. The second kappa shape index (κ2) is 8.17. The highest BCUT2D eigenvalue weighted by Crippen LogP contribution is 2.32. The summed E-state index contributed by atoms with van der Waals surface area (Å²) in [7, 11) is 0. The number of fused-ring (bicyclic) bond motifs is 3. The lowest BCUT2D eigenvalue weighted by molar-refractivity contribution is -0.121. The lowest BCUT2D eigenvalue weighted by atomic mass is 10.1. The molecule has 30 heavy (non-hydrogen) atoms. The van der Waals surface area contributed by atoms with Crippen LogP contribution in [0, 0.1) is 0 Å². The SMILES string of the molecule is O=C1CN(CCCN2Cc3cccn3-c3ccccc32)CCN1c1ccc(Cl)cc1. The van der Waals surface area contributed by atoms with Crippen molar-refractivity contribution in [3.8, 4) is 5.69 Å². The summed E-state index contributed by atoms with van der Waals surface area (Å²) in [4.78, 5) is 19.3. The highest BCUT2D eigenvalue weighted by molar-refractivity contribution is 6.30. The predicted octanol–water partition coefficient (Wildman–Crippen LogP) is 4.19. The molecule has 6 heteroatoms. The molecule has 0 bridgehead atoms. The van der Waals surface area contributed by atoms with Crippen LogP contribution in [0.25, 0.3) is 5.69 Å². The van der Waals surface area contributed by atoms with E-state index >= 15 is 0 Å². The highest BCUT2D eigenvalue weighted by atomic mass is 35.5. The van der Waals surface area contributed by atoms with E-state index in [0.29, 0.717) is 11.6 Å². The number of aromatic nitrogens is 1. The molecule has 1 fully saturated rings. The fourth-order valence-electron chi connectivity index (χ4n) is 4.49. The first-order valence-corrected chi connectivity index (χ1v) is 10.9. The molecule has 1 saturated heterocycles. The van der Waals surface area contributed by atoms with Crippen molar-refractivity contribution in [1.29, 1.82) is 0 Å². The minimum atomic E-state index is 0.157. The van der Waals surface area contributed by atoms with Gasteiger partial charge >= 0.3 is 0 Å². The fourth-order valence-corrected chi connectivity index (χ4v) is 4.61. The number of nitrogens with zero attached hydrogens (tertiary/aromatic N) is 4. The third kappa shape index (κ3) is 3.71. The Morgan fingerprint density at radius 3 is 2.43 bits per heavy atom. The summed E-state index contributed by atoms with van der Waals surface area (Å²) in [6.07, 6.45) is 3.17. The number of hydrogen-bond donors (Lipinski definition) is 0. The molecule has 0 unspecified atom stereocenters. The highest BCUT2D eigenvalue weighted by Gasteiger charge is 2.25. The molecule has 1 aromatic heterocycles. The molecule has 0 radical (unpaired) electrons. The Bertz CT molecular complexity index is 1050. The van der Waals surface area contributed by atoms with Gasteiger partial charge in [0.15, 0.2) is 0 Å². The number of para-hydroxylation sites is 2. The molecule has 0 saturated carbocycles. The van der Waals surface area contributed by atoms with Gasteiger partial charge in [0.05, 0.1) is 24.5 Å². The Morgan fingerprint density at radius 1 is 0.833 bits per heavy atom. The topological polar surface area (TPSA) is 31.7 Å². The minimum absolute atomic E-state index is 0.157. The molecule has 154 valence electrons. The molecule has 3 aromatic rings. The standard InChI is InChI=1S/C24H25ClN4O/c25-19-8-10-20(11-9-19)29-16-15-26(18-24(29)30)12-4-13-27-17-21-5-3-14-28(21)23-7-2-1-6-22(23)27/h1-3,5-11,14H,4,12-13,15-18H2. The summed E-state index contributed by atoms with van der Waals surface area (Å²) < 4.78 is 2.28. The van der Waals surface area contributed by atoms with Gasteiger partial charge in [0.25, 0.3) is 0 Å². The summed E-state index contributed by atoms with van der Waals surface area (Å²) in [5.41, 5.74) is 4.78. The maximum absolute atomic E-state index is 12.7. The van der Waals surface area contributed by atoms with Crippen LogP contribution in [0.3, 0.4) is 0 Å². The average molecular weight is 421 g/mol. The lowest BCUT2D eigenvalue weighted by Crippen LogP contribution is -2.51. The molecule has 2 aliphatic heterocycles. The van der Waals surface area contributed by atoms with Crippen molar-refractivity contribution in [2.75, 3.05) is 42.5 Å². The van der Waals surface area contributed by atoms with E-state index in [9.17, 15) is 4.79 Å². The van der Waals surface area contributed by atoms with Gasteiger partial charge in [-0.2, -0.15) is 0 Å². The van der Waals surface area contributed by atoms with Crippen molar-refractivity contribution in [3.63, 3.8) is 0 Å². The maximum Gasteiger partial charge on any atom is 0.241 e. The van der Waals surface area contributed by atoms with Crippen molar-refractivity contribution in [1.82, 2.24) is 9.47 Å². The van der Waals surface area contributed by atoms with Gasteiger partial charge in [-0.25, -0.2) is 0 Å². The molecule has 2 aromatic carbocycles. The van der Waals surface area contributed by atoms with Crippen molar-refractivity contribution < 1.29 is 4.79 Å². The zero-order valence-electron chi connectivity index (χ0n) is 16.9. The summed E-state index contributed by atoms with van der Waals surface area (Å²) in [5.74, 6) is 0.157. The van der Waals surface area contributed by atoms with Gasteiger partial charge in [-0.3, -0.25) is 9.69 Å². The Morgan fingerprint density at radius 2 is 1.63 bits per heavy atom. The molecule has 5 rings (SSSR count). The van der Waals surface area contributed by atoms with Crippen molar-refractivity contribution in [2.24, 2.45) is 0 Å². The smallest absolute Gasteiger partial charge is 0.241 e. The summed E-state index contributed by atoms with van der Waals surface area (Å²) in [6.45, 7) is 4.93. The number of halogens is 1. The van der Waals surface area contributed by atoms with Gasteiger partial charge in [0.2, 0.25) is 5.91 Å². The molecule has 0 aliphatic carbocycles. The normalized spacial score (nSPS) is 16.5. The molecular weight excluding hydrogens is 396 g/mol. The first-order chi connectivity index (χ1) is 14.7. The van der Waals surface area contributed by atoms with Crippen molar-refractivity contribution in [3.05, 3.63) is 77.6 Å². The third-order valence-electron chi connectivity index (χ3n) is 6.01. The van der Waals surface area contributed by atoms with E-state index in [1.54, 1.807) is 0 Å². The number of hydrogen-bond acceptors (Lipinski definition) is 3. The van der Waals surface area contributed by atoms with Gasteiger partial charge in [0.1, 0.15) is 0 Å². The van der Waals surface area contributed by atoms with Crippen molar-refractivity contribution >= 4 is 28.9 Å². The number of piperazine rings is 1. The number of benzene rings is 2. The van der Waals surface area contributed by atoms with Crippen LogP contribution in [0.5, 0.6) is 0 Å². The second-order valence-electron chi connectivity index (χ2n) is 7.93. The molecule has 5 nitrogen and oxygen atoms in total. The van der Waals surface area contributed by atoms with Crippen molar-refractivity contribution in [2.45, 2.75) is 13.0 Å². The first kappa shape index (κ1) is 19.2. The summed E-state index contributed by atoms with van der Waals surface area (Å²) in [6, 6.07) is 20.4. The van der Waals surface area contributed by atoms with Gasteiger partial charge in [-0.1, -0.05) is 23.7 Å². The van der Waals surface area contributed by atoms with Crippen LogP contribution >= 0.6 is 11.6 Å². The zero-order chi connectivity index (χ0) is 20.5. The zero-order valence-corrected chi connectivity index (χ0v) is 17.6. The average Bonchev–Trinajstić information content (AvgIpc) is 3.24. The Hall–Kier alpha value is -2.76. The molecule has 1 amide bonds. The monoisotopic (exact) mass is 420 g/mol. The quantitative estimate of drug-likeness (QED) is 0.620. The van der Waals surface area contributed by atoms with Gasteiger partial charge in [-0.05, 0) is 55.0 Å². The third-order valence-corrected chi connectivity index (χ3v) is 6.26. The molecular formula is C24H25ClN4O. The van der Waals surface area contributed by atoms with E-state index < -0.39 is 0 Å². The first-order valence-electron chi connectivity index (χ1n) is 10.5. The van der Waals surface area contributed by atoms with Crippen LogP contribution in [-0.4, -0.2) is 48.1 Å². The Balaban J connectivity index is 1.17. The van der Waals surface area contributed by atoms with Crippen LogP contribution in [0.2, 0.25) is 5.02 Å². The van der Waals surface area contributed by atoms with Crippen LogP contribution in [0.1, 0.15) is 12.1 Å². The van der Waals surface area contributed by atoms with Gasteiger partial charge in [-0.15, -0.1) is 0 Å². The van der Waals surface area contributed by atoms with Crippen LogP contribution < -0.4 is 9.80 Å².